The number of aromatic nitrogens is 4. The summed E-state index contributed by atoms with van der Waals surface area (Å²) in [6, 6.07) is 6.10. The number of fused-ring (bicyclic) bond motifs is 1. The van der Waals surface area contributed by atoms with Gasteiger partial charge in [0, 0.05) is 32.4 Å². The molecule has 0 unspecified atom stereocenters. The Morgan fingerprint density at radius 3 is 2.93 bits per heavy atom. The number of hydrazine groups is 1. The summed E-state index contributed by atoms with van der Waals surface area (Å²) in [5.41, 5.74) is 0.975. The van der Waals surface area contributed by atoms with Crippen molar-refractivity contribution in [3.63, 3.8) is 0 Å². The van der Waals surface area contributed by atoms with Crippen LogP contribution in [0, 0.1) is 0 Å². The normalized spacial score (nSPS) is 22.0. The van der Waals surface area contributed by atoms with Crippen molar-refractivity contribution in [1.82, 2.24) is 40.4 Å². The van der Waals surface area contributed by atoms with Gasteiger partial charge in [0.05, 0.1) is 18.2 Å². The summed E-state index contributed by atoms with van der Waals surface area (Å²) in [5.74, 6) is 0.560. The Balaban J connectivity index is 1.32. The lowest BCUT2D eigenvalue weighted by molar-refractivity contribution is -0.130. The molecular formula is C20H24N8O2. The fourth-order valence-electron chi connectivity index (χ4n) is 3.91. The standard InChI is InChI=1S/C20H24N8O2/c1-26-16-8-10-27(12-14-4-2-3-9-21-14)28(16)11-7-15(20(26)30)17-23-18(25-24-17)19(29)22-13-5-6-13/h2-4,8-9,13,15H,5-7,10-12H2,1H3,(H,22,29)(H,23,24,25)/t15-/m0/s1. The van der Waals surface area contributed by atoms with E-state index in [9.17, 15) is 9.59 Å². The highest BCUT2D eigenvalue weighted by Crippen LogP contribution is 2.31. The minimum Gasteiger partial charge on any atom is -0.347 e. The lowest BCUT2D eigenvalue weighted by atomic mass is 10.0. The number of nitrogens with one attached hydrogen (secondary N) is 2. The second-order valence-corrected chi connectivity index (χ2v) is 7.88. The molecule has 0 aromatic carbocycles. The third-order valence-corrected chi connectivity index (χ3v) is 5.71. The average Bonchev–Trinajstić information content (AvgIpc) is 3.31. The van der Waals surface area contributed by atoms with Crippen LogP contribution >= 0.6 is 0 Å². The first kappa shape index (κ1) is 18.7. The molecule has 1 saturated carbocycles. The maximum atomic E-state index is 13.2. The molecule has 2 aliphatic heterocycles. The number of H-pyrrole nitrogens is 1. The van der Waals surface area contributed by atoms with E-state index in [-0.39, 0.29) is 23.7 Å². The second kappa shape index (κ2) is 7.52. The highest BCUT2D eigenvalue weighted by molar-refractivity contribution is 5.91. The van der Waals surface area contributed by atoms with Gasteiger partial charge in [-0.15, -0.1) is 5.10 Å². The van der Waals surface area contributed by atoms with Crippen LogP contribution in [0.15, 0.2) is 36.3 Å². The van der Waals surface area contributed by atoms with Gasteiger partial charge in [0.15, 0.2) is 0 Å². The predicted octanol–water partition coefficient (Wildman–Crippen LogP) is 0.612. The van der Waals surface area contributed by atoms with Crippen LogP contribution in [0.2, 0.25) is 0 Å². The zero-order chi connectivity index (χ0) is 20.7. The summed E-state index contributed by atoms with van der Waals surface area (Å²) >= 11 is 0. The van der Waals surface area contributed by atoms with Crippen molar-refractivity contribution in [1.29, 1.82) is 0 Å². The fraction of sp³-hybridized carbons (Fsp3) is 0.450. The number of hydrogen-bond acceptors (Lipinski definition) is 7. The van der Waals surface area contributed by atoms with Crippen LogP contribution in [0.4, 0.5) is 0 Å². The van der Waals surface area contributed by atoms with Crippen molar-refractivity contribution in [2.45, 2.75) is 37.8 Å². The topological polar surface area (TPSA) is 110 Å². The number of aromatic amines is 1. The van der Waals surface area contributed by atoms with Gasteiger partial charge in [-0.05, 0) is 37.5 Å². The van der Waals surface area contributed by atoms with Gasteiger partial charge in [0.1, 0.15) is 11.6 Å². The molecule has 1 atom stereocenters. The van der Waals surface area contributed by atoms with E-state index >= 15 is 0 Å². The Morgan fingerprint density at radius 2 is 2.17 bits per heavy atom. The molecule has 1 saturated heterocycles. The van der Waals surface area contributed by atoms with Crippen LogP contribution in [0.3, 0.4) is 0 Å². The SMILES string of the molecule is CN1C(=O)[C@H](c2nc(C(=O)NC3CC3)n[nH]2)CCN2C1=CCN2Cc1ccccn1. The van der Waals surface area contributed by atoms with E-state index in [1.165, 1.54) is 0 Å². The number of amides is 2. The van der Waals surface area contributed by atoms with E-state index in [1.54, 1.807) is 18.1 Å². The molecule has 0 spiro atoms. The van der Waals surface area contributed by atoms with Crippen molar-refractivity contribution in [2.75, 3.05) is 20.1 Å². The molecule has 4 heterocycles. The monoisotopic (exact) mass is 408 g/mol. The van der Waals surface area contributed by atoms with E-state index < -0.39 is 5.92 Å². The van der Waals surface area contributed by atoms with Gasteiger partial charge in [0.25, 0.3) is 5.91 Å². The minimum atomic E-state index is -0.479. The van der Waals surface area contributed by atoms with Crippen LogP contribution in [0.1, 0.15) is 47.3 Å². The number of pyridine rings is 1. The van der Waals surface area contributed by atoms with Crippen LogP contribution in [0.5, 0.6) is 0 Å². The van der Waals surface area contributed by atoms with E-state index in [4.69, 9.17) is 0 Å². The molecule has 2 aromatic rings. The molecular weight excluding hydrogens is 384 g/mol. The van der Waals surface area contributed by atoms with E-state index in [0.29, 0.717) is 25.3 Å². The Morgan fingerprint density at radius 1 is 1.30 bits per heavy atom. The summed E-state index contributed by atoms with van der Waals surface area (Å²) in [6.45, 7) is 2.05. The van der Waals surface area contributed by atoms with Crippen molar-refractivity contribution in [3.8, 4) is 0 Å². The molecule has 0 radical (unpaired) electrons. The van der Waals surface area contributed by atoms with Crippen molar-refractivity contribution in [3.05, 3.63) is 53.6 Å². The predicted molar refractivity (Wildman–Crippen MR) is 106 cm³/mol. The summed E-state index contributed by atoms with van der Waals surface area (Å²) in [4.78, 5) is 35.8. The van der Waals surface area contributed by atoms with Crippen LogP contribution in [-0.2, 0) is 11.3 Å². The molecule has 30 heavy (non-hydrogen) atoms. The smallest absolute Gasteiger partial charge is 0.291 e. The molecule has 10 heteroatoms. The van der Waals surface area contributed by atoms with E-state index in [2.05, 4.69) is 41.6 Å². The molecule has 2 fully saturated rings. The fourth-order valence-corrected chi connectivity index (χ4v) is 3.91. The maximum Gasteiger partial charge on any atom is 0.291 e. The first-order valence-electron chi connectivity index (χ1n) is 10.2. The zero-order valence-electron chi connectivity index (χ0n) is 16.8. The van der Waals surface area contributed by atoms with Crippen molar-refractivity contribution < 1.29 is 9.59 Å². The number of hydrogen-bond donors (Lipinski definition) is 2. The lowest BCUT2D eigenvalue weighted by Gasteiger charge is -2.32. The molecule has 10 nitrogen and oxygen atoms in total. The van der Waals surface area contributed by atoms with Gasteiger partial charge < -0.3 is 10.2 Å². The molecule has 0 bridgehead atoms. The molecule has 5 rings (SSSR count). The first-order chi connectivity index (χ1) is 14.6. The van der Waals surface area contributed by atoms with Gasteiger partial charge in [-0.3, -0.25) is 24.7 Å². The number of likely N-dealkylation sites (N-methyl/N-ethyl adjacent to an activating group) is 1. The highest BCUT2D eigenvalue weighted by Gasteiger charge is 2.38. The van der Waals surface area contributed by atoms with E-state index in [1.807, 2.05) is 18.2 Å². The third-order valence-electron chi connectivity index (χ3n) is 5.71. The minimum absolute atomic E-state index is 0.0614. The summed E-state index contributed by atoms with van der Waals surface area (Å²) in [5, 5.41) is 14.0. The van der Waals surface area contributed by atoms with Crippen molar-refractivity contribution >= 4 is 11.8 Å². The Hall–Kier alpha value is -3.27. The molecule has 2 N–H and O–H groups in total. The lowest BCUT2D eigenvalue weighted by Crippen LogP contribution is -2.40. The summed E-state index contributed by atoms with van der Waals surface area (Å²) in [7, 11) is 1.78. The van der Waals surface area contributed by atoms with Gasteiger partial charge in [-0.1, -0.05) is 6.07 Å². The Bertz CT molecular complexity index is 984. The molecule has 156 valence electrons. The largest absolute Gasteiger partial charge is 0.347 e. The maximum absolute atomic E-state index is 13.2. The number of nitrogens with zero attached hydrogens (tertiary/aromatic N) is 6. The van der Waals surface area contributed by atoms with Gasteiger partial charge in [0.2, 0.25) is 11.7 Å². The second-order valence-electron chi connectivity index (χ2n) is 7.88. The van der Waals surface area contributed by atoms with Gasteiger partial charge >= 0.3 is 0 Å². The highest BCUT2D eigenvalue weighted by atomic mass is 16.2. The summed E-state index contributed by atoms with van der Waals surface area (Å²) < 4.78 is 0. The summed E-state index contributed by atoms with van der Waals surface area (Å²) in [6.07, 6.45) is 6.40. The van der Waals surface area contributed by atoms with Gasteiger partial charge in [-0.2, -0.15) is 0 Å². The number of carbonyl (C=O) groups excluding carboxylic acids is 2. The Labute approximate surface area is 173 Å². The van der Waals surface area contributed by atoms with Gasteiger partial charge in [-0.25, -0.2) is 9.99 Å². The zero-order valence-corrected chi connectivity index (χ0v) is 16.8. The third kappa shape index (κ3) is 3.54. The quantitative estimate of drug-likeness (QED) is 0.746. The number of carbonyl (C=O) groups is 2. The van der Waals surface area contributed by atoms with E-state index in [0.717, 1.165) is 30.9 Å². The van der Waals surface area contributed by atoms with Crippen LogP contribution in [-0.4, -0.2) is 73.1 Å². The number of rotatable bonds is 5. The first-order valence-corrected chi connectivity index (χ1v) is 10.2. The molecule has 1 aliphatic carbocycles. The Kier molecular flexibility index (Phi) is 4.70. The van der Waals surface area contributed by atoms with Crippen LogP contribution < -0.4 is 5.32 Å². The van der Waals surface area contributed by atoms with Crippen molar-refractivity contribution in [2.24, 2.45) is 0 Å². The molecule has 2 amide bonds. The average molecular weight is 408 g/mol. The molecule has 2 aromatic heterocycles. The molecule has 3 aliphatic rings. The van der Waals surface area contributed by atoms with Crippen LogP contribution in [0.25, 0.3) is 0 Å².